The van der Waals surface area contributed by atoms with Crippen molar-refractivity contribution in [2.75, 3.05) is 5.73 Å². The van der Waals surface area contributed by atoms with Crippen LogP contribution in [0.15, 0.2) is 55.1 Å². The minimum Gasteiger partial charge on any atom is -0.368 e. The first-order valence-corrected chi connectivity index (χ1v) is 8.37. The van der Waals surface area contributed by atoms with E-state index in [-0.39, 0.29) is 11.9 Å². The molecular formula is C19H17N7O. The van der Waals surface area contributed by atoms with E-state index >= 15 is 0 Å². The predicted molar refractivity (Wildman–Crippen MR) is 101 cm³/mol. The monoisotopic (exact) mass is 359 g/mol. The molecule has 0 fully saturated rings. The van der Waals surface area contributed by atoms with Crippen molar-refractivity contribution in [3.8, 4) is 5.82 Å². The highest BCUT2D eigenvalue weighted by molar-refractivity contribution is 5.95. The van der Waals surface area contributed by atoms with E-state index in [2.05, 4.69) is 25.3 Å². The average molecular weight is 359 g/mol. The van der Waals surface area contributed by atoms with E-state index < -0.39 is 0 Å². The Morgan fingerprint density at radius 3 is 2.85 bits per heavy atom. The molecule has 27 heavy (non-hydrogen) atoms. The number of para-hydroxylation sites is 2. The first kappa shape index (κ1) is 16.6. The lowest BCUT2D eigenvalue weighted by Gasteiger charge is -2.11. The number of pyridine rings is 1. The Kier molecular flexibility index (Phi) is 4.21. The number of imidazole rings is 1. The zero-order chi connectivity index (χ0) is 18.8. The summed E-state index contributed by atoms with van der Waals surface area (Å²) in [5.41, 5.74) is 9.16. The number of amides is 1. The quantitative estimate of drug-likeness (QED) is 0.577. The van der Waals surface area contributed by atoms with Crippen molar-refractivity contribution < 1.29 is 4.79 Å². The molecule has 1 amide bonds. The Morgan fingerprint density at radius 2 is 2.00 bits per heavy atom. The fraction of sp³-hybridized carbons (Fsp3) is 0.105. The first-order valence-electron chi connectivity index (χ1n) is 8.37. The summed E-state index contributed by atoms with van der Waals surface area (Å²) in [6.07, 6.45) is 4.88. The van der Waals surface area contributed by atoms with Gasteiger partial charge in [-0.15, -0.1) is 0 Å². The second-order valence-electron chi connectivity index (χ2n) is 6.00. The van der Waals surface area contributed by atoms with Crippen molar-refractivity contribution in [3.05, 3.63) is 71.9 Å². The smallest absolute Gasteiger partial charge is 0.254 e. The van der Waals surface area contributed by atoms with E-state index in [1.807, 2.05) is 41.0 Å². The molecule has 0 radical (unpaired) electrons. The highest BCUT2D eigenvalue weighted by Crippen LogP contribution is 2.19. The topological polar surface area (TPSA) is 112 Å². The molecule has 134 valence electrons. The number of nitrogen functional groups attached to an aromatic ring is 1. The number of rotatable bonds is 4. The van der Waals surface area contributed by atoms with Crippen molar-refractivity contribution in [1.29, 1.82) is 0 Å². The largest absolute Gasteiger partial charge is 0.368 e. The molecule has 0 saturated carbocycles. The Labute approximate surface area is 155 Å². The number of hydrogen-bond acceptors (Lipinski definition) is 6. The van der Waals surface area contributed by atoms with Gasteiger partial charge in [0.15, 0.2) is 0 Å². The van der Waals surface area contributed by atoms with Crippen LogP contribution in [-0.2, 0) is 6.54 Å². The molecule has 8 nitrogen and oxygen atoms in total. The van der Waals surface area contributed by atoms with Gasteiger partial charge in [-0.25, -0.2) is 19.9 Å². The molecule has 0 spiro atoms. The molecule has 1 aromatic carbocycles. The van der Waals surface area contributed by atoms with Gasteiger partial charge in [-0.2, -0.15) is 0 Å². The number of nitrogens with one attached hydrogen (secondary N) is 1. The van der Waals surface area contributed by atoms with E-state index in [0.717, 1.165) is 22.4 Å². The van der Waals surface area contributed by atoms with Gasteiger partial charge >= 0.3 is 0 Å². The molecule has 3 heterocycles. The number of nitrogens with two attached hydrogens (primary N) is 1. The Hall–Kier alpha value is -3.81. The molecule has 0 aliphatic heterocycles. The number of hydrogen-bond donors (Lipinski definition) is 2. The van der Waals surface area contributed by atoms with E-state index in [4.69, 9.17) is 5.73 Å². The van der Waals surface area contributed by atoms with Gasteiger partial charge in [-0.3, -0.25) is 9.36 Å². The fourth-order valence-electron chi connectivity index (χ4n) is 2.89. The van der Waals surface area contributed by atoms with Crippen LogP contribution in [0, 0.1) is 6.92 Å². The van der Waals surface area contributed by atoms with Gasteiger partial charge < -0.3 is 11.1 Å². The highest BCUT2D eigenvalue weighted by Gasteiger charge is 2.14. The summed E-state index contributed by atoms with van der Waals surface area (Å²) in [5.74, 6) is 0.597. The third-order valence-corrected chi connectivity index (χ3v) is 4.23. The number of aromatic nitrogens is 5. The van der Waals surface area contributed by atoms with Crippen molar-refractivity contribution in [2.45, 2.75) is 13.5 Å². The lowest BCUT2D eigenvalue weighted by Crippen LogP contribution is -2.25. The minimum atomic E-state index is -0.266. The van der Waals surface area contributed by atoms with Crippen molar-refractivity contribution in [1.82, 2.24) is 29.8 Å². The van der Waals surface area contributed by atoms with Gasteiger partial charge in [-0.05, 0) is 25.1 Å². The van der Waals surface area contributed by atoms with Crippen LogP contribution in [0.5, 0.6) is 0 Å². The predicted octanol–water partition coefficient (Wildman–Crippen LogP) is 2.03. The summed E-state index contributed by atoms with van der Waals surface area (Å²) in [6, 6.07) is 11.6. The first-order chi connectivity index (χ1) is 13.1. The molecular weight excluding hydrogens is 342 g/mol. The second kappa shape index (κ2) is 6.83. The van der Waals surface area contributed by atoms with E-state index in [1.165, 1.54) is 6.20 Å². The summed E-state index contributed by atoms with van der Waals surface area (Å²) >= 11 is 0. The maximum absolute atomic E-state index is 12.5. The van der Waals surface area contributed by atoms with Crippen molar-refractivity contribution in [2.24, 2.45) is 0 Å². The third kappa shape index (κ3) is 3.20. The minimum absolute atomic E-state index is 0.144. The van der Waals surface area contributed by atoms with Crippen LogP contribution in [0.4, 0.5) is 5.95 Å². The van der Waals surface area contributed by atoms with Gasteiger partial charge in [0.05, 0.1) is 22.3 Å². The number of nitrogens with zero attached hydrogens (tertiary/aromatic N) is 5. The summed E-state index contributed by atoms with van der Waals surface area (Å²) in [4.78, 5) is 29.3. The molecule has 0 aliphatic rings. The van der Waals surface area contributed by atoms with Crippen LogP contribution in [0.3, 0.4) is 0 Å². The lowest BCUT2D eigenvalue weighted by molar-refractivity contribution is 0.0949. The number of carbonyl (C=O) groups is 1. The summed E-state index contributed by atoms with van der Waals surface area (Å²) in [6.45, 7) is 2.03. The van der Waals surface area contributed by atoms with Gasteiger partial charge in [0.2, 0.25) is 5.95 Å². The molecule has 0 saturated heterocycles. The number of benzene rings is 1. The molecule has 0 atom stereocenters. The SMILES string of the molecule is Cc1nc(N)ncc1C(=O)NCc1cccnc1-n1cnc2ccccc21. The van der Waals surface area contributed by atoms with E-state index in [0.29, 0.717) is 17.8 Å². The van der Waals surface area contributed by atoms with Crippen LogP contribution in [0.25, 0.3) is 16.9 Å². The standard InChI is InChI=1S/C19H17N7O/c1-12-14(10-23-19(20)25-12)18(27)22-9-13-5-4-8-21-17(13)26-11-24-15-6-2-3-7-16(15)26/h2-8,10-11H,9H2,1H3,(H,22,27)(H2,20,23,25). The van der Waals surface area contributed by atoms with Crippen LogP contribution in [0.1, 0.15) is 21.6 Å². The molecule has 4 aromatic rings. The Balaban J connectivity index is 1.61. The number of anilines is 1. The molecule has 0 bridgehead atoms. The molecule has 8 heteroatoms. The van der Waals surface area contributed by atoms with Gasteiger partial charge in [-0.1, -0.05) is 18.2 Å². The zero-order valence-electron chi connectivity index (χ0n) is 14.6. The Morgan fingerprint density at radius 1 is 1.15 bits per heavy atom. The summed E-state index contributed by atoms with van der Waals surface area (Å²) in [7, 11) is 0. The van der Waals surface area contributed by atoms with Crippen LogP contribution in [0.2, 0.25) is 0 Å². The van der Waals surface area contributed by atoms with Gasteiger partial charge in [0, 0.05) is 24.5 Å². The zero-order valence-corrected chi connectivity index (χ0v) is 14.6. The number of carbonyl (C=O) groups excluding carboxylic acids is 1. The maximum Gasteiger partial charge on any atom is 0.254 e. The molecule has 0 aliphatic carbocycles. The van der Waals surface area contributed by atoms with Crippen LogP contribution >= 0.6 is 0 Å². The van der Waals surface area contributed by atoms with Crippen LogP contribution < -0.4 is 11.1 Å². The fourth-order valence-corrected chi connectivity index (χ4v) is 2.89. The number of fused-ring (bicyclic) bond motifs is 1. The second-order valence-corrected chi connectivity index (χ2v) is 6.00. The number of aryl methyl sites for hydroxylation is 1. The highest BCUT2D eigenvalue weighted by atomic mass is 16.1. The van der Waals surface area contributed by atoms with Crippen molar-refractivity contribution in [3.63, 3.8) is 0 Å². The normalized spacial score (nSPS) is 10.9. The maximum atomic E-state index is 12.5. The van der Waals surface area contributed by atoms with Crippen molar-refractivity contribution >= 4 is 22.9 Å². The third-order valence-electron chi connectivity index (χ3n) is 4.23. The molecule has 3 aromatic heterocycles. The van der Waals surface area contributed by atoms with E-state index in [1.54, 1.807) is 19.4 Å². The summed E-state index contributed by atoms with van der Waals surface area (Å²) < 4.78 is 1.91. The van der Waals surface area contributed by atoms with E-state index in [9.17, 15) is 4.79 Å². The van der Waals surface area contributed by atoms with Crippen LogP contribution in [-0.4, -0.2) is 30.4 Å². The average Bonchev–Trinajstić information content (AvgIpc) is 3.10. The lowest BCUT2D eigenvalue weighted by atomic mass is 10.2. The molecule has 3 N–H and O–H groups in total. The summed E-state index contributed by atoms with van der Waals surface area (Å²) in [5, 5.41) is 2.89. The van der Waals surface area contributed by atoms with Gasteiger partial charge in [0.1, 0.15) is 12.1 Å². The molecule has 0 unspecified atom stereocenters. The molecule has 4 rings (SSSR count). The van der Waals surface area contributed by atoms with Gasteiger partial charge in [0.25, 0.3) is 5.91 Å². The Bertz CT molecular complexity index is 1140.